The molecule has 0 fully saturated rings. The van der Waals surface area contributed by atoms with Gasteiger partial charge >= 0.3 is 6.18 Å². The van der Waals surface area contributed by atoms with Crippen molar-refractivity contribution in [1.29, 1.82) is 0 Å². The van der Waals surface area contributed by atoms with Crippen molar-refractivity contribution < 1.29 is 40.6 Å². The van der Waals surface area contributed by atoms with Crippen molar-refractivity contribution in [1.82, 2.24) is 5.43 Å². The molecule has 3 rings (SSSR count). The lowest BCUT2D eigenvalue weighted by Gasteiger charge is -2.24. The van der Waals surface area contributed by atoms with Crippen LogP contribution in [0, 0.1) is 6.92 Å². The third-order valence-electron chi connectivity index (χ3n) is 5.45. The SMILES string of the molecule is COc1cc(/C=N\NC(=O)CN(c2cccc(C(F)(F)F)c2)S(=O)(=O)c2ccc(C)cc2)cc(OC)c1OC. The van der Waals surface area contributed by atoms with Gasteiger partial charge in [0.05, 0.1) is 43.7 Å². The summed E-state index contributed by atoms with van der Waals surface area (Å²) >= 11 is 0. The number of benzene rings is 3. The van der Waals surface area contributed by atoms with Gasteiger partial charge < -0.3 is 14.2 Å². The number of ether oxygens (including phenoxy) is 3. The second-order valence-corrected chi connectivity index (χ2v) is 9.99. The summed E-state index contributed by atoms with van der Waals surface area (Å²) in [6.07, 6.45) is -3.46. The van der Waals surface area contributed by atoms with Gasteiger partial charge in [-0.15, -0.1) is 0 Å². The topological polar surface area (TPSA) is 107 Å². The number of rotatable bonds is 10. The van der Waals surface area contributed by atoms with E-state index >= 15 is 0 Å². The molecule has 0 atom stereocenters. The lowest BCUT2D eigenvalue weighted by molar-refractivity contribution is -0.137. The van der Waals surface area contributed by atoms with Crippen LogP contribution >= 0.6 is 0 Å². The second kappa shape index (κ2) is 12.1. The summed E-state index contributed by atoms with van der Waals surface area (Å²) in [4.78, 5) is 12.6. The van der Waals surface area contributed by atoms with Crippen molar-refractivity contribution in [3.05, 3.63) is 77.4 Å². The smallest absolute Gasteiger partial charge is 0.416 e. The van der Waals surface area contributed by atoms with Crippen LogP contribution in [-0.4, -0.2) is 48.4 Å². The number of halogens is 3. The van der Waals surface area contributed by atoms with E-state index in [9.17, 15) is 26.4 Å². The lowest BCUT2D eigenvalue weighted by Crippen LogP contribution is -2.39. The van der Waals surface area contributed by atoms with Crippen LogP contribution in [0.2, 0.25) is 0 Å². The molecule has 1 amide bonds. The van der Waals surface area contributed by atoms with Crippen LogP contribution in [0.5, 0.6) is 17.2 Å². The van der Waals surface area contributed by atoms with Crippen LogP contribution in [0.4, 0.5) is 18.9 Å². The first-order valence-corrected chi connectivity index (χ1v) is 12.7. The highest BCUT2D eigenvalue weighted by molar-refractivity contribution is 7.92. The molecule has 3 aromatic carbocycles. The standard InChI is InChI=1S/C26H26F3N3O6S/c1-17-8-10-21(11-9-17)39(34,35)32(20-7-5-6-19(14-20)26(27,28)29)16-24(33)31-30-15-18-12-22(36-2)25(38-4)23(13-18)37-3/h5-15H,16H2,1-4H3,(H,31,33)/b30-15-. The maximum atomic E-state index is 13.4. The summed E-state index contributed by atoms with van der Waals surface area (Å²) in [7, 11) is -0.130. The Morgan fingerprint density at radius 3 is 2.13 bits per heavy atom. The Labute approximate surface area is 223 Å². The normalized spacial score (nSPS) is 11.8. The quantitative estimate of drug-likeness (QED) is 0.289. The molecule has 0 aromatic heterocycles. The second-order valence-electron chi connectivity index (χ2n) is 8.12. The van der Waals surface area contributed by atoms with E-state index in [0.717, 1.165) is 17.7 Å². The molecule has 0 aliphatic heterocycles. The highest BCUT2D eigenvalue weighted by atomic mass is 32.2. The summed E-state index contributed by atoms with van der Waals surface area (Å²) < 4.78 is 83.3. The van der Waals surface area contributed by atoms with E-state index in [1.54, 1.807) is 31.2 Å². The Kier molecular flexibility index (Phi) is 9.07. The van der Waals surface area contributed by atoms with E-state index < -0.39 is 34.2 Å². The summed E-state index contributed by atoms with van der Waals surface area (Å²) in [6, 6.07) is 12.5. The van der Waals surface area contributed by atoms with Crippen molar-refractivity contribution in [2.75, 3.05) is 32.2 Å². The minimum atomic E-state index is -4.72. The molecule has 0 saturated heterocycles. The van der Waals surface area contributed by atoms with Crippen LogP contribution in [-0.2, 0) is 21.0 Å². The largest absolute Gasteiger partial charge is 0.493 e. The van der Waals surface area contributed by atoms with E-state index in [1.807, 2.05) is 0 Å². The third kappa shape index (κ3) is 6.99. The third-order valence-corrected chi connectivity index (χ3v) is 7.24. The maximum Gasteiger partial charge on any atom is 0.416 e. The fourth-order valence-corrected chi connectivity index (χ4v) is 4.92. The maximum absolute atomic E-state index is 13.4. The van der Waals surface area contributed by atoms with Gasteiger partial charge in [-0.3, -0.25) is 9.10 Å². The predicted molar refractivity (Wildman–Crippen MR) is 139 cm³/mol. The van der Waals surface area contributed by atoms with E-state index in [-0.39, 0.29) is 10.6 Å². The molecule has 0 aliphatic rings. The minimum Gasteiger partial charge on any atom is -0.493 e. The van der Waals surface area contributed by atoms with Gasteiger partial charge in [0, 0.05) is 5.56 Å². The van der Waals surface area contributed by atoms with E-state index in [2.05, 4.69) is 10.5 Å². The van der Waals surface area contributed by atoms with Crippen molar-refractivity contribution in [3.63, 3.8) is 0 Å². The number of sulfonamides is 1. The summed E-state index contributed by atoms with van der Waals surface area (Å²) in [6.45, 7) is 0.907. The number of nitrogens with one attached hydrogen (secondary N) is 1. The van der Waals surface area contributed by atoms with Gasteiger partial charge in [0.15, 0.2) is 11.5 Å². The molecule has 3 aromatic rings. The number of nitrogens with zero attached hydrogens (tertiary/aromatic N) is 2. The molecule has 0 heterocycles. The number of hydrogen-bond acceptors (Lipinski definition) is 7. The Morgan fingerprint density at radius 2 is 1.59 bits per heavy atom. The van der Waals surface area contributed by atoms with Gasteiger partial charge in [-0.2, -0.15) is 18.3 Å². The van der Waals surface area contributed by atoms with Crippen LogP contribution < -0.4 is 23.9 Å². The number of aryl methyl sites for hydroxylation is 1. The Bertz CT molecular complexity index is 1430. The number of amides is 1. The zero-order valence-corrected chi connectivity index (χ0v) is 22.3. The lowest BCUT2D eigenvalue weighted by atomic mass is 10.2. The molecule has 1 N–H and O–H groups in total. The van der Waals surface area contributed by atoms with Gasteiger partial charge in [0.2, 0.25) is 5.75 Å². The van der Waals surface area contributed by atoms with Gasteiger partial charge in [0.25, 0.3) is 15.9 Å². The van der Waals surface area contributed by atoms with Crippen LogP contribution in [0.25, 0.3) is 0 Å². The zero-order valence-electron chi connectivity index (χ0n) is 21.4. The molecule has 208 valence electrons. The molecule has 0 bridgehead atoms. The van der Waals surface area contributed by atoms with Crippen molar-refractivity contribution in [2.45, 2.75) is 18.0 Å². The highest BCUT2D eigenvalue weighted by Crippen LogP contribution is 2.38. The van der Waals surface area contributed by atoms with E-state index in [1.165, 1.54) is 45.7 Å². The summed E-state index contributed by atoms with van der Waals surface area (Å²) in [5.41, 5.74) is 2.03. The van der Waals surface area contributed by atoms with Crippen LogP contribution in [0.1, 0.15) is 16.7 Å². The molecular formula is C26H26F3N3O6S. The fourth-order valence-electron chi connectivity index (χ4n) is 3.51. The number of carbonyl (C=O) groups is 1. The Hall–Kier alpha value is -4.26. The number of hydrazone groups is 1. The van der Waals surface area contributed by atoms with E-state index in [4.69, 9.17) is 14.2 Å². The average Bonchev–Trinajstić information content (AvgIpc) is 2.90. The van der Waals surface area contributed by atoms with Crippen molar-refractivity contribution >= 4 is 27.8 Å². The first kappa shape index (κ1) is 29.3. The Balaban J connectivity index is 1.91. The average molecular weight is 566 g/mol. The summed E-state index contributed by atoms with van der Waals surface area (Å²) in [5, 5.41) is 3.84. The Morgan fingerprint density at radius 1 is 0.974 bits per heavy atom. The number of methoxy groups -OCH3 is 3. The first-order valence-electron chi connectivity index (χ1n) is 11.3. The van der Waals surface area contributed by atoms with Crippen LogP contribution in [0.3, 0.4) is 0 Å². The predicted octanol–water partition coefficient (Wildman–Crippen LogP) is 4.39. The molecule has 0 radical (unpaired) electrons. The highest BCUT2D eigenvalue weighted by Gasteiger charge is 2.33. The van der Waals surface area contributed by atoms with Crippen molar-refractivity contribution in [2.24, 2.45) is 5.10 Å². The molecule has 0 spiro atoms. The molecular weight excluding hydrogens is 539 g/mol. The fraction of sp³-hybridized carbons (Fsp3) is 0.231. The summed E-state index contributed by atoms with van der Waals surface area (Å²) in [5.74, 6) is 0.125. The number of carbonyl (C=O) groups excluding carboxylic acids is 1. The molecule has 0 unspecified atom stereocenters. The van der Waals surface area contributed by atoms with E-state index in [0.29, 0.717) is 33.2 Å². The minimum absolute atomic E-state index is 0.195. The number of alkyl halides is 3. The number of anilines is 1. The molecule has 0 aliphatic carbocycles. The van der Waals surface area contributed by atoms with Gasteiger partial charge in [0.1, 0.15) is 6.54 Å². The van der Waals surface area contributed by atoms with Gasteiger partial charge in [-0.25, -0.2) is 13.8 Å². The number of hydrogen-bond donors (Lipinski definition) is 1. The van der Waals surface area contributed by atoms with Gasteiger partial charge in [-0.05, 0) is 49.4 Å². The molecule has 0 saturated carbocycles. The van der Waals surface area contributed by atoms with Gasteiger partial charge in [-0.1, -0.05) is 23.8 Å². The molecule has 13 heteroatoms. The zero-order chi connectivity index (χ0) is 28.8. The monoisotopic (exact) mass is 565 g/mol. The first-order chi connectivity index (χ1) is 18.4. The van der Waals surface area contributed by atoms with Crippen LogP contribution in [0.15, 0.2) is 70.7 Å². The molecule has 39 heavy (non-hydrogen) atoms. The molecule has 9 nitrogen and oxygen atoms in total. The van der Waals surface area contributed by atoms with Crippen molar-refractivity contribution in [3.8, 4) is 17.2 Å².